The summed E-state index contributed by atoms with van der Waals surface area (Å²) in [5, 5.41) is 13.1. The Morgan fingerprint density at radius 3 is 2.52 bits per heavy atom. The first-order valence-electron chi connectivity index (χ1n) is 9.37. The molecule has 1 saturated carbocycles. The molecule has 0 radical (unpaired) electrons. The second-order valence-electron chi connectivity index (χ2n) is 7.66. The van der Waals surface area contributed by atoms with E-state index in [-0.39, 0.29) is 24.8 Å². The Balaban J connectivity index is 1.54. The van der Waals surface area contributed by atoms with E-state index in [9.17, 15) is 19.5 Å². The summed E-state index contributed by atoms with van der Waals surface area (Å²) in [5.41, 5.74) is -0.221. The van der Waals surface area contributed by atoms with E-state index in [0.717, 1.165) is 17.7 Å². The number of ketones is 1. The zero-order chi connectivity index (χ0) is 19.6. The molecule has 1 aromatic carbocycles. The van der Waals surface area contributed by atoms with Crippen LogP contribution in [-0.2, 0) is 4.79 Å². The molecule has 7 nitrogen and oxygen atoms in total. The number of β-amino-alcohol motifs (C(OH)–C–C–N with tert-alkyl or cyclic N) is 1. The summed E-state index contributed by atoms with van der Waals surface area (Å²) >= 11 is 0. The third kappa shape index (κ3) is 4.13. The number of urea groups is 1. The fraction of sp³-hybridized carbons (Fsp3) is 0.550. The van der Waals surface area contributed by atoms with E-state index in [1.807, 2.05) is 0 Å². The lowest BCUT2D eigenvalue weighted by atomic mass is 9.77. The van der Waals surface area contributed by atoms with Crippen LogP contribution in [0.25, 0.3) is 0 Å². The number of imide groups is 1. The van der Waals surface area contributed by atoms with Gasteiger partial charge in [-0.1, -0.05) is 6.92 Å². The van der Waals surface area contributed by atoms with Crippen molar-refractivity contribution in [2.75, 3.05) is 13.2 Å². The van der Waals surface area contributed by atoms with Crippen LogP contribution in [0.2, 0.25) is 0 Å². The number of carbonyl (C=O) groups excluding carboxylic acids is 3. The van der Waals surface area contributed by atoms with Gasteiger partial charge in [-0.3, -0.25) is 14.5 Å². The lowest BCUT2D eigenvalue weighted by Crippen LogP contribution is -2.49. The highest BCUT2D eigenvalue weighted by Crippen LogP contribution is 2.36. The smallest absolute Gasteiger partial charge is 0.325 e. The number of carbonyl (C=O) groups is 3. The third-order valence-electron chi connectivity index (χ3n) is 5.47. The molecule has 2 aliphatic rings. The number of hydrogen-bond donors (Lipinski definition) is 2. The fourth-order valence-electron chi connectivity index (χ4n) is 3.68. The number of aliphatic hydroxyl groups excluding tert-OH is 1. The molecular formula is C20H26N2O5. The number of aliphatic hydroxyl groups is 1. The Bertz CT molecular complexity index is 722. The zero-order valence-electron chi connectivity index (χ0n) is 15.7. The molecule has 1 aliphatic carbocycles. The minimum Gasteiger partial charge on any atom is -0.491 e. The van der Waals surface area contributed by atoms with E-state index < -0.39 is 17.7 Å². The van der Waals surface area contributed by atoms with Gasteiger partial charge in [0.1, 0.15) is 24.0 Å². The number of nitrogens with one attached hydrogen (secondary N) is 1. The minimum atomic E-state index is -0.996. The fourth-order valence-corrected chi connectivity index (χ4v) is 3.68. The van der Waals surface area contributed by atoms with E-state index in [1.54, 1.807) is 24.3 Å². The predicted octanol–water partition coefficient (Wildman–Crippen LogP) is 2.13. The Morgan fingerprint density at radius 2 is 1.93 bits per heavy atom. The maximum Gasteiger partial charge on any atom is 0.325 e. The molecule has 1 unspecified atom stereocenters. The van der Waals surface area contributed by atoms with Crippen LogP contribution in [0.3, 0.4) is 0 Å². The highest BCUT2D eigenvalue weighted by atomic mass is 16.5. The molecule has 0 bridgehead atoms. The summed E-state index contributed by atoms with van der Waals surface area (Å²) in [6, 6.07) is 6.15. The highest BCUT2D eigenvalue weighted by Gasteiger charge is 2.52. The number of ether oxygens (including phenoxy) is 1. The van der Waals surface area contributed by atoms with Gasteiger partial charge in [-0.25, -0.2) is 4.79 Å². The number of hydrogen-bond acceptors (Lipinski definition) is 5. The normalized spacial score (nSPS) is 26.2. The van der Waals surface area contributed by atoms with Crippen LogP contribution in [0.1, 0.15) is 49.9 Å². The molecule has 27 heavy (non-hydrogen) atoms. The van der Waals surface area contributed by atoms with Crippen molar-refractivity contribution < 1.29 is 24.2 Å². The van der Waals surface area contributed by atoms with Crippen LogP contribution in [0.4, 0.5) is 4.79 Å². The second kappa shape index (κ2) is 7.68. The van der Waals surface area contributed by atoms with E-state index in [1.165, 1.54) is 6.92 Å². The molecule has 2 fully saturated rings. The molecule has 7 heteroatoms. The van der Waals surface area contributed by atoms with E-state index >= 15 is 0 Å². The van der Waals surface area contributed by atoms with Crippen LogP contribution in [0, 0.1) is 5.92 Å². The summed E-state index contributed by atoms with van der Waals surface area (Å²) in [5.74, 6) is 0.784. The Labute approximate surface area is 158 Å². The number of amides is 3. The molecule has 1 atom stereocenters. The molecule has 146 valence electrons. The molecule has 1 saturated heterocycles. The van der Waals surface area contributed by atoms with E-state index in [4.69, 9.17) is 4.74 Å². The molecule has 1 heterocycles. The van der Waals surface area contributed by atoms with Gasteiger partial charge in [0.25, 0.3) is 5.91 Å². The topological polar surface area (TPSA) is 95.9 Å². The minimum absolute atomic E-state index is 0.0359. The van der Waals surface area contributed by atoms with Crippen LogP contribution < -0.4 is 10.1 Å². The lowest BCUT2D eigenvalue weighted by Gasteiger charge is -2.33. The predicted molar refractivity (Wildman–Crippen MR) is 98.6 cm³/mol. The van der Waals surface area contributed by atoms with Crippen molar-refractivity contribution in [1.29, 1.82) is 0 Å². The standard InChI is InChI=1S/C20H26N2O5/c1-13-7-9-20(10-8-13)18(25)22(19(26)21-20)11-16(24)12-27-17-5-3-15(4-6-17)14(2)23/h3-6,13,16,24H,7-12H2,1-2H3,(H,21,26). The average molecular weight is 374 g/mol. The van der Waals surface area contributed by atoms with Crippen LogP contribution in [-0.4, -0.2) is 52.5 Å². The van der Waals surface area contributed by atoms with Gasteiger partial charge in [-0.15, -0.1) is 0 Å². The van der Waals surface area contributed by atoms with Gasteiger partial charge in [0.15, 0.2) is 5.78 Å². The van der Waals surface area contributed by atoms with Crippen LogP contribution in [0.5, 0.6) is 5.75 Å². The Morgan fingerprint density at radius 1 is 1.30 bits per heavy atom. The number of Topliss-reactive ketones (excluding diaryl/α,β-unsaturated/α-hetero) is 1. The maximum absolute atomic E-state index is 12.8. The molecule has 2 N–H and O–H groups in total. The quantitative estimate of drug-likeness (QED) is 0.587. The van der Waals surface area contributed by atoms with Gasteiger partial charge >= 0.3 is 6.03 Å². The highest BCUT2D eigenvalue weighted by molar-refractivity contribution is 6.07. The number of rotatable bonds is 6. The monoisotopic (exact) mass is 374 g/mol. The van der Waals surface area contributed by atoms with E-state index in [2.05, 4.69) is 12.2 Å². The Hall–Kier alpha value is -2.41. The van der Waals surface area contributed by atoms with Crippen molar-refractivity contribution in [1.82, 2.24) is 10.2 Å². The summed E-state index contributed by atoms with van der Waals surface area (Å²) in [4.78, 5) is 37.4. The van der Waals surface area contributed by atoms with Crippen molar-refractivity contribution >= 4 is 17.7 Å². The lowest BCUT2D eigenvalue weighted by molar-refractivity contribution is -0.133. The maximum atomic E-state index is 12.8. The van der Waals surface area contributed by atoms with Crippen LogP contribution in [0.15, 0.2) is 24.3 Å². The molecule has 3 rings (SSSR count). The zero-order valence-corrected chi connectivity index (χ0v) is 15.7. The van der Waals surface area contributed by atoms with Crippen molar-refractivity contribution in [3.8, 4) is 5.75 Å². The van der Waals surface area contributed by atoms with Gasteiger partial charge in [0.2, 0.25) is 0 Å². The molecule has 1 aromatic rings. The Kier molecular flexibility index (Phi) is 5.51. The molecule has 0 aromatic heterocycles. The van der Waals surface area contributed by atoms with Crippen molar-refractivity contribution in [3.05, 3.63) is 29.8 Å². The summed E-state index contributed by atoms with van der Waals surface area (Å²) in [6.07, 6.45) is 2.10. The van der Waals surface area contributed by atoms with E-state index in [0.29, 0.717) is 30.1 Å². The summed E-state index contributed by atoms with van der Waals surface area (Å²) in [7, 11) is 0. The SMILES string of the molecule is CC(=O)c1ccc(OCC(O)CN2C(=O)NC3(CCC(C)CC3)C2=O)cc1. The first kappa shape index (κ1) is 19.4. The van der Waals surface area contributed by atoms with Gasteiger partial charge in [-0.05, 0) is 62.8 Å². The largest absolute Gasteiger partial charge is 0.491 e. The average Bonchev–Trinajstić information content (AvgIpc) is 2.87. The van der Waals surface area contributed by atoms with Gasteiger partial charge in [0, 0.05) is 5.56 Å². The third-order valence-corrected chi connectivity index (χ3v) is 5.47. The number of benzene rings is 1. The molecule has 1 spiro atoms. The van der Waals surface area contributed by atoms with Crippen molar-refractivity contribution in [2.45, 2.75) is 51.2 Å². The van der Waals surface area contributed by atoms with Gasteiger partial charge < -0.3 is 15.2 Å². The second-order valence-corrected chi connectivity index (χ2v) is 7.66. The molecular weight excluding hydrogens is 348 g/mol. The van der Waals surface area contributed by atoms with Crippen LogP contribution >= 0.6 is 0 Å². The van der Waals surface area contributed by atoms with Gasteiger partial charge in [0.05, 0.1) is 6.54 Å². The summed E-state index contributed by atoms with van der Waals surface area (Å²) < 4.78 is 5.50. The van der Waals surface area contributed by atoms with Crippen molar-refractivity contribution in [2.24, 2.45) is 5.92 Å². The summed E-state index contributed by atoms with van der Waals surface area (Å²) in [6.45, 7) is 3.47. The molecule has 3 amide bonds. The van der Waals surface area contributed by atoms with Crippen molar-refractivity contribution in [3.63, 3.8) is 0 Å². The van der Waals surface area contributed by atoms with Gasteiger partial charge in [-0.2, -0.15) is 0 Å². The first-order chi connectivity index (χ1) is 12.8. The number of nitrogens with zero attached hydrogens (tertiary/aromatic N) is 1. The molecule has 1 aliphatic heterocycles. The first-order valence-corrected chi connectivity index (χ1v) is 9.37.